The van der Waals surface area contributed by atoms with E-state index in [1.165, 1.54) is 15.9 Å². The van der Waals surface area contributed by atoms with Gasteiger partial charge in [0.25, 0.3) is 0 Å². The third-order valence-corrected chi connectivity index (χ3v) is 6.33. The van der Waals surface area contributed by atoms with E-state index in [0.29, 0.717) is 0 Å². The van der Waals surface area contributed by atoms with Crippen molar-refractivity contribution < 1.29 is 0 Å². The third-order valence-electron chi connectivity index (χ3n) is 3.68. The molecule has 1 heterocycles. The molecule has 0 aliphatic carbocycles. The summed E-state index contributed by atoms with van der Waals surface area (Å²) < 4.78 is 0. The molecule has 0 spiro atoms. The van der Waals surface area contributed by atoms with Crippen LogP contribution in [0.15, 0.2) is 90.4 Å². The lowest BCUT2D eigenvalue weighted by Crippen LogP contribution is -2.12. The Hall–Kier alpha value is -2.24. The van der Waals surface area contributed by atoms with Crippen LogP contribution in [0, 0.1) is 0 Å². The van der Waals surface area contributed by atoms with Crippen molar-refractivity contribution in [2.75, 3.05) is 0 Å². The summed E-state index contributed by atoms with van der Waals surface area (Å²) in [6.45, 7) is 2.23. The van der Waals surface area contributed by atoms with Gasteiger partial charge in [0.15, 0.2) is 0 Å². The Morgan fingerprint density at radius 3 is 1.87 bits per heavy atom. The molecular weight excluding hydrogens is 297 g/mol. The normalized spacial score (nSPS) is 11.7. The molecule has 0 amide bonds. The van der Waals surface area contributed by atoms with E-state index >= 15 is 0 Å². The second kappa shape index (κ2) is 7.85. The molecule has 0 atom stereocenters. The van der Waals surface area contributed by atoms with Crippen molar-refractivity contribution in [2.24, 2.45) is 0 Å². The molecule has 0 saturated heterocycles. The molecule has 0 N–H and O–H groups in total. The van der Waals surface area contributed by atoms with Gasteiger partial charge in [0.05, 0.1) is 5.69 Å². The van der Waals surface area contributed by atoms with Crippen LogP contribution in [0.1, 0.15) is 19.0 Å². The van der Waals surface area contributed by atoms with Crippen molar-refractivity contribution in [2.45, 2.75) is 13.3 Å². The topological polar surface area (TPSA) is 12.9 Å². The van der Waals surface area contributed by atoms with Crippen LogP contribution in [0.5, 0.6) is 0 Å². The first-order chi connectivity index (χ1) is 11.4. The summed E-state index contributed by atoms with van der Waals surface area (Å²) in [6.07, 6.45) is 5.13. The van der Waals surface area contributed by atoms with Crippen LogP contribution in [0.4, 0.5) is 0 Å². The predicted octanol–water partition coefficient (Wildman–Crippen LogP) is 4.97. The van der Waals surface area contributed by atoms with Crippen LogP contribution in [0.3, 0.4) is 0 Å². The van der Waals surface area contributed by atoms with E-state index in [1.54, 1.807) is 0 Å². The standard InChI is InChI=1S/C21H20NP/c1-2-19(17-18-11-9-10-16-22-18)23(20-12-5-3-6-13-20)21-14-7-4-8-15-21/h3-17H,2H2,1H3/b19-17+. The molecule has 0 aliphatic rings. The van der Waals surface area contributed by atoms with Crippen LogP contribution >= 0.6 is 7.92 Å². The minimum absolute atomic E-state index is 0.517. The van der Waals surface area contributed by atoms with E-state index in [2.05, 4.69) is 84.7 Å². The molecule has 2 aromatic carbocycles. The number of pyridine rings is 1. The van der Waals surface area contributed by atoms with Crippen LogP contribution in [-0.4, -0.2) is 4.98 Å². The molecule has 23 heavy (non-hydrogen) atoms. The first kappa shape index (κ1) is 15.6. The lowest BCUT2D eigenvalue weighted by molar-refractivity contribution is 1.20. The van der Waals surface area contributed by atoms with Crippen LogP contribution in [-0.2, 0) is 0 Å². The number of hydrogen-bond donors (Lipinski definition) is 0. The molecule has 3 aromatic rings. The lowest BCUT2D eigenvalue weighted by Gasteiger charge is -2.21. The summed E-state index contributed by atoms with van der Waals surface area (Å²) >= 11 is 0. The minimum Gasteiger partial charge on any atom is -0.257 e. The fraction of sp³-hybridized carbons (Fsp3) is 0.0952. The second-order valence-electron chi connectivity index (χ2n) is 5.25. The van der Waals surface area contributed by atoms with Gasteiger partial charge in [-0.15, -0.1) is 0 Å². The molecule has 0 bridgehead atoms. The van der Waals surface area contributed by atoms with Gasteiger partial charge >= 0.3 is 0 Å². The molecule has 0 saturated carbocycles. The maximum absolute atomic E-state index is 4.47. The number of aromatic nitrogens is 1. The van der Waals surface area contributed by atoms with Crippen molar-refractivity contribution in [3.8, 4) is 0 Å². The molecule has 114 valence electrons. The highest BCUT2D eigenvalue weighted by Crippen LogP contribution is 2.45. The molecule has 0 radical (unpaired) electrons. The lowest BCUT2D eigenvalue weighted by atomic mass is 10.3. The maximum atomic E-state index is 4.47. The van der Waals surface area contributed by atoms with Crippen molar-refractivity contribution in [3.05, 3.63) is 96.1 Å². The summed E-state index contributed by atoms with van der Waals surface area (Å²) in [4.78, 5) is 4.47. The Bertz CT molecular complexity index is 712. The van der Waals surface area contributed by atoms with Gasteiger partial charge in [-0.2, -0.15) is 0 Å². The average Bonchev–Trinajstić information content (AvgIpc) is 2.64. The van der Waals surface area contributed by atoms with E-state index < -0.39 is 7.92 Å². The highest BCUT2D eigenvalue weighted by Gasteiger charge is 2.17. The molecule has 1 nitrogen and oxygen atoms in total. The van der Waals surface area contributed by atoms with Crippen LogP contribution in [0.25, 0.3) is 6.08 Å². The van der Waals surface area contributed by atoms with Crippen molar-refractivity contribution in [3.63, 3.8) is 0 Å². The summed E-state index contributed by atoms with van der Waals surface area (Å²) in [5, 5.41) is 4.21. The molecule has 0 unspecified atom stereocenters. The monoisotopic (exact) mass is 317 g/mol. The fourth-order valence-electron chi connectivity index (χ4n) is 2.59. The summed E-state index contributed by atoms with van der Waals surface area (Å²) in [5.74, 6) is 0. The Kier molecular flexibility index (Phi) is 5.34. The molecule has 0 fully saturated rings. The van der Waals surface area contributed by atoms with Gasteiger partial charge in [0, 0.05) is 6.20 Å². The largest absolute Gasteiger partial charge is 0.257 e. The van der Waals surface area contributed by atoms with Gasteiger partial charge < -0.3 is 0 Å². The Morgan fingerprint density at radius 2 is 1.39 bits per heavy atom. The van der Waals surface area contributed by atoms with E-state index in [1.807, 2.05) is 18.3 Å². The number of benzene rings is 2. The quantitative estimate of drug-likeness (QED) is 0.606. The van der Waals surface area contributed by atoms with E-state index in [0.717, 1.165) is 12.1 Å². The summed E-state index contributed by atoms with van der Waals surface area (Å²) in [7, 11) is -0.517. The first-order valence-corrected chi connectivity index (χ1v) is 9.24. The third kappa shape index (κ3) is 3.94. The van der Waals surface area contributed by atoms with E-state index in [-0.39, 0.29) is 0 Å². The molecule has 0 aliphatic heterocycles. The Labute approximate surface area is 139 Å². The molecule has 2 heteroatoms. The summed E-state index contributed by atoms with van der Waals surface area (Å²) in [6, 6.07) is 27.7. The first-order valence-electron chi connectivity index (χ1n) is 7.90. The number of hydrogen-bond acceptors (Lipinski definition) is 1. The SMILES string of the molecule is CC/C(=C\c1ccccn1)P(c1ccccc1)c1ccccc1. The zero-order chi connectivity index (χ0) is 15.9. The zero-order valence-corrected chi connectivity index (χ0v) is 14.2. The van der Waals surface area contributed by atoms with Crippen molar-refractivity contribution in [1.82, 2.24) is 4.98 Å². The van der Waals surface area contributed by atoms with Gasteiger partial charge in [0.2, 0.25) is 0 Å². The fourth-order valence-corrected chi connectivity index (χ4v) is 5.07. The highest BCUT2D eigenvalue weighted by atomic mass is 31.1. The van der Waals surface area contributed by atoms with E-state index in [4.69, 9.17) is 0 Å². The van der Waals surface area contributed by atoms with E-state index in [9.17, 15) is 0 Å². The van der Waals surface area contributed by atoms with Gasteiger partial charge in [-0.1, -0.05) is 73.7 Å². The maximum Gasteiger partial charge on any atom is 0.0632 e. The Balaban J connectivity index is 2.09. The van der Waals surface area contributed by atoms with Crippen LogP contribution < -0.4 is 10.6 Å². The number of rotatable bonds is 5. The Morgan fingerprint density at radius 1 is 0.826 bits per heavy atom. The van der Waals surface area contributed by atoms with Gasteiger partial charge in [-0.3, -0.25) is 4.98 Å². The van der Waals surface area contributed by atoms with Crippen LogP contribution in [0.2, 0.25) is 0 Å². The minimum atomic E-state index is -0.517. The smallest absolute Gasteiger partial charge is 0.0632 e. The van der Waals surface area contributed by atoms with Gasteiger partial charge in [-0.25, -0.2) is 0 Å². The molecule has 1 aromatic heterocycles. The van der Waals surface area contributed by atoms with Gasteiger partial charge in [-0.05, 0) is 48.5 Å². The number of nitrogens with zero attached hydrogens (tertiary/aromatic N) is 1. The second-order valence-corrected chi connectivity index (χ2v) is 7.53. The van der Waals surface area contributed by atoms with Crippen molar-refractivity contribution >= 4 is 24.6 Å². The highest BCUT2D eigenvalue weighted by molar-refractivity contribution is 7.76. The predicted molar refractivity (Wildman–Crippen MR) is 102 cm³/mol. The summed E-state index contributed by atoms with van der Waals surface area (Å²) in [5.41, 5.74) is 1.03. The molecular formula is C21H20NP. The van der Waals surface area contributed by atoms with Gasteiger partial charge in [0.1, 0.15) is 0 Å². The average molecular weight is 317 g/mol. The zero-order valence-electron chi connectivity index (χ0n) is 13.3. The molecule has 3 rings (SSSR count). The number of allylic oxidation sites excluding steroid dienone is 1. The van der Waals surface area contributed by atoms with Crippen molar-refractivity contribution in [1.29, 1.82) is 0 Å².